The normalized spacial score (nSPS) is 18.9. The Balaban J connectivity index is 1.95. The van der Waals surface area contributed by atoms with Gasteiger partial charge in [0.25, 0.3) is 0 Å². The zero-order valence-electron chi connectivity index (χ0n) is 14.2. The Morgan fingerprint density at radius 3 is 2.62 bits per heavy atom. The molecule has 0 bridgehead atoms. The summed E-state index contributed by atoms with van der Waals surface area (Å²) in [5.41, 5.74) is 0.886. The number of piperidine rings is 1. The molecule has 24 heavy (non-hydrogen) atoms. The summed E-state index contributed by atoms with van der Waals surface area (Å²) in [7, 11) is -0.130. The standard InChI is InChI=1S/C16H24N2O5S/c1-22-14-7-6-12(9-15(14)23-2)10-17-16(19)13-5-4-8-18(11-13)24(3,20)21/h6-7,9,13H,4-5,8,10-11H2,1-3H3,(H,17,19). The largest absolute Gasteiger partial charge is 0.493 e. The first kappa shape index (κ1) is 18.5. The molecule has 0 spiro atoms. The van der Waals surface area contributed by atoms with Gasteiger partial charge in [0.2, 0.25) is 15.9 Å². The first-order valence-corrected chi connectivity index (χ1v) is 9.63. The minimum Gasteiger partial charge on any atom is -0.493 e. The van der Waals surface area contributed by atoms with Gasteiger partial charge in [0.05, 0.1) is 26.4 Å². The number of benzene rings is 1. The first-order valence-electron chi connectivity index (χ1n) is 7.79. The molecule has 1 fully saturated rings. The molecule has 7 nitrogen and oxygen atoms in total. The summed E-state index contributed by atoms with van der Waals surface area (Å²) in [6, 6.07) is 5.44. The van der Waals surface area contributed by atoms with Crippen molar-refractivity contribution in [1.82, 2.24) is 9.62 Å². The van der Waals surface area contributed by atoms with Crippen molar-refractivity contribution in [2.24, 2.45) is 5.92 Å². The molecule has 1 N–H and O–H groups in total. The maximum Gasteiger partial charge on any atom is 0.224 e. The molecule has 1 aliphatic rings. The van der Waals surface area contributed by atoms with Gasteiger partial charge in [0, 0.05) is 19.6 Å². The summed E-state index contributed by atoms with van der Waals surface area (Å²) >= 11 is 0. The number of ether oxygens (including phenoxy) is 2. The predicted octanol–water partition coefficient (Wildman–Crippen LogP) is 0.992. The van der Waals surface area contributed by atoms with Crippen molar-refractivity contribution in [3.05, 3.63) is 23.8 Å². The minimum atomic E-state index is -3.25. The van der Waals surface area contributed by atoms with Crippen LogP contribution in [0.3, 0.4) is 0 Å². The topological polar surface area (TPSA) is 84.9 Å². The van der Waals surface area contributed by atoms with E-state index in [2.05, 4.69) is 5.32 Å². The van der Waals surface area contributed by atoms with Crippen LogP contribution in [0.25, 0.3) is 0 Å². The quantitative estimate of drug-likeness (QED) is 0.822. The summed E-state index contributed by atoms with van der Waals surface area (Å²) < 4.78 is 35.1. The van der Waals surface area contributed by atoms with E-state index >= 15 is 0 Å². The van der Waals surface area contributed by atoms with Gasteiger partial charge in [-0.15, -0.1) is 0 Å². The molecule has 1 aliphatic heterocycles. The molecule has 0 radical (unpaired) electrons. The van der Waals surface area contributed by atoms with E-state index in [1.165, 1.54) is 10.6 Å². The number of sulfonamides is 1. The number of rotatable bonds is 6. The molecule has 0 saturated carbocycles. The summed E-state index contributed by atoms with van der Waals surface area (Å²) in [6.07, 6.45) is 2.57. The van der Waals surface area contributed by atoms with E-state index in [1.807, 2.05) is 12.1 Å². The summed E-state index contributed by atoms with van der Waals surface area (Å²) in [6.45, 7) is 1.09. The maximum atomic E-state index is 12.3. The Kier molecular flexibility index (Phi) is 6.06. The molecule has 1 saturated heterocycles. The molecule has 1 amide bonds. The van der Waals surface area contributed by atoms with E-state index in [0.29, 0.717) is 37.4 Å². The Morgan fingerprint density at radius 1 is 1.29 bits per heavy atom. The monoisotopic (exact) mass is 356 g/mol. The number of nitrogens with zero attached hydrogens (tertiary/aromatic N) is 1. The first-order chi connectivity index (χ1) is 11.3. The van der Waals surface area contributed by atoms with Gasteiger partial charge < -0.3 is 14.8 Å². The van der Waals surface area contributed by atoms with E-state index in [9.17, 15) is 13.2 Å². The van der Waals surface area contributed by atoms with E-state index in [1.54, 1.807) is 20.3 Å². The Hall–Kier alpha value is -1.80. The van der Waals surface area contributed by atoms with Gasteiger partial charge in [-0.2, -0.15) is 0 Å². The molecular formula is C16H24N2O5S. The second kappa shape index (κ2) is 7.85. The van der Waals surface area contributed by atoms with Crippen LogP contribution < -0.4 is 14.8 Å². The Bertz CT molecular complexity index is 690. The second-order valence-corrected chi connectivity index (χ2v) is 7.85. The van der Waals surface area contributed by atoms with Crippen LogP contribution in [0.4, 0.5) is 0 Å². The fraction of sp³-hybridized carbons (Fsp3) is 0.562. The van der Waals surface area contributed by atoms with Crippen LogP contribution in [-0.4, -0.2) is 52.2 Å². The zero-order chi connectivity index (χ0) is 17.7. The molecule has 1 aromatic rings. The van der Waals surface area contributed by atoms with Gasteiger partial charge in [-0.3, -0.25) is 4.79 Å². The number of carbonyl (C=O) groups is 1. The van der Waals surface area contributed by atoms with Crippen LogP contribution in [0, 0.1) is 5.92 Å². The van der Waals surface area contributed by atoms with Gasteiger partial charge in [-0.1, -0.05) is 6.07 Å². The summed E-state index contributed by atoms with van der Waals surface area (Å²) in [5, 5.41) is 2.87. The molecular weight excluding hydrogens is 332 g/mol. The SMILES string of the molecule is COc1ccc(CNC(=O)C2CCCN(S(C)(=O)=O)C2)cc1OC. The van der Waals surface area contributed by atoms with Gasteiger partial charge in [-0.05, 0) is 30.5 Å². The molecule has 1 atom stereocenters. The average Bonchev–Trinajstić information content (AvgIpc) is 2.58. The second-order valence-electron chi connectivity index (χ2n) is 5.87. The van der Waals surface area contributed by atoms with Crippen LogP contribution in [-0.2, 0) is 21.4 Å². The minimum absolute atomic E-state index is 0.127. The highest BCUT2D eigenvalue weighted by Crippen LogP contribution is 2.27. The van der Waals surface area contributed by atoms with Crippen molar-refractivity contribution in [2.75, 3.05) is 33.6 Å². The van der Waals surface area contributed by atoms with Crippen LogP contribution in [0.15, 0.2) is 18.2 Å². The lowest BCUT2D eigenvalue weighted by atomic mass is 9.98. The van der Waals surface area contributed by atoms with Gasteiger partial charge >= 0.3 is 0 Å². The number of hydrogen-bond acceptors (Lipinski definition) is 5. The van der Waals surface area contributed by atoms with Crippen molar-refractivity contribution in [2.45, 2.75) is 19.4 Å². The van der Waals surface area contributed by atoms with E-state index in [4.69, 9.17) is 9.47 Å². The van der Waals surface area contributed by atoms with Crippen LogP contribution in [0.5, 0.6) is 11.5 Å². The number of methoxy groups -OCH3 is 2. The molecule has 1 unspecified atom stereocenters. The van der Waals surface area contributed by atoms with Gasteiger partial charge in [0.1, 0.15) is 0 Å². The van der Waals surface area contributed by atoms with Gasteiger partial charge in [-0.25, -0.2) is 12.7 Å². The lowest BCUT2D eigenvalue weighted by molar-refractivity contribution is -0.126. The molecule has 0 aliphatic carbocycles. The number of nitrogens with one attached hydrogen (secondary N) is 1. The van der Waals surface area contributed by atoms with Crippen molar-refractivity contribution in [1.29, 1.82) is 0 Å². The lowest BCUT2D eigenvalue weighted by Crippen LogP contribution is -2.44. The summed E-state index contributed by atoms with van der Waals surface area (Å²) in [5.74, 6) is 0.792. The maximum absolute atomic E-state index is 12.3. The highest BCUT2D eigenvalue weighted by Gasteiger charge is 2.29. The highest BCUT2D eigenvalue weighted by atomic mass is 32.2. The Morgan fingerprint density at radius 2 is 2.00 bits per heavy atom. The molecule has 134 valence electrons. The fourth-order valence-electron chi connectivity index (χ4n) is 2.78. The molecule has 8 heteroatoms. The number of carbonyl (C=O) groups excluding carboxylic acids is 1. The van der Waals surface area contributed by atoms with E-state index < -0.39 is 10.0 Å². The fourth-order valence-corrected chi connectivity index (χ4v) is 3.69. The van der Waals surface area contributed by atoms with Gasteiger partial charge in [0.15, 0.2) is 11.5 Å². The molecule has 1 aromatic carbocycles. The highest BCUT2D eigenvalue weighted by molar-refractivity contribution is 7.88. The predicted molar refractivity (Wildman–Crippen MR) is 90.5 cm³/mol. The summed E-state index contributed by atoms with van der Waals surface area (Å²) in [4.78, 5) is 12.3. The lowest BCUT2D eigenvalue weighted by Gasteiger charge is -2.30. The molecule has 2 rings (SSSR count). The number of amides is 1. The molecule has 0 aromatic heterocycles. The third-order valence-corrected chi connectivity index (χ3v) is 5.41. The smallest absolute Gasteiger partial charge is 0.224 e. The zero-order valence-corrected chi connectivity index (χ0v) is 15.1. The van der Waals surface area contributed by atoms with E-state index in [0.717, 1.165) is 5.56 Å². The van der Waals surface area contributed by atoms with E-state index in [-0.39, 0.29) is 18.4 Å². The van der Waals surface area contributed by atoms with Crippen LogP contribution in [0.1, 0.15) is 18.4 Å². The molecule has 1 heterocycles. The van der Waals surface area contributed by atoms with Crippen molar-refractivity contribution in [3.63, 3.8) is 0 Å². The van der Waals surface area contributed by atoms with Crippen molar-refractivity contribution in [3.8, 4) is 11.5 Å². The van der Waals surface area contributed by atoms with Crippen LogP contribution in [0.2, 0.25) is 0 Å². The van der Waals surface area contributed by atoms with Crippen molar-refractivity contribution >= 4 is 15.9 Å². The third kappa shape index (κ3) is 4.61. The Labute approximate surface area is 143 Å². The number of hydrogen-bond donors (Lipinski definition) is 1. The van der Waals surface area contributed by atoms with Crippen molar-refractivity contribution < 1.29 is 22.7 Å². The average molecular weight is 356 g/mol. The van der Waals surface area contributed by atoms with Crippen LogP contribution >= 0.6 is 0 Å². The third-order valence-electron chi connectivity index (χ3n) is 4.14.